The lowest BCUT2D eigenvalue weighted by Gasteiger charge is -2.12. The molecule has 0 unspecified atom stereocenters. The lowest BCUT2D eigenvalue weighted by atomic mass is 10.0. The summed E-state index contributed by atoms with van der Waals surface area (Å²) in [6, 6.07) is 4.64. The molecule has 0 spiro atoms. The first kappa shape index (κ1) is 16.6. The zero-order valence-electron chi connectivity index (χ0n) is 12.8. The van der Waals surface area contributed by atoms with Crippen LogP contribution in [0.4, 0.5) is 4.39 Å². The van der Waals surface area contributed by atoms with Gasteiger partial charge < -0.3 is 14.1 Å². The van der Waals surface area contributed by atoms with Crippen molar-refractivity contribution in [1.29, 1.82) is 0 Å². The normalized spacial score (nSPS) is 11.2. The smallest absolute Gasteiger partial charge is 0.341 e. The Kier molecular flexibility index (Phi) is 4.16. The van der Waals surface area contributed by atoms with Gasteiger partial charge >= 0.3 is 5.97 Å². The van der Waals surface area contributed by atoms with Crippen LogP contribution in [0.1, 0.15) is 27.5 Å². The summed E-state index contributed by atoms with van der Waals surface area (Å²) in [5.41, 5.74) is -0.318. The summed E-state index contributed by atoms with van der Waals surface area (Å²) in [6.45, 7) is 1.53. The summed E-state index contributed by atoms with van der Waals surface area (Å²) in [5, 5.41) is 9.58. The molecule has 0 radical (unpaired) electrons. The number of carboxylic acids is 1. The van der Waals surface area contributed by atoms with Crippen LogP contribution in [-0.4, -0.2) is 20.6 Å². The molecule has 2 aromatic heterocycles. The fraction of sp³-hybridized carbons (Fsp3) is 0.188. The number of oxazole rings is 1. The molecule has 6 nitrogen and oxygen atoms in total. The molecule has 2 heterocycles. The third-order valence-electron chi connectivity index (χ3n) is 3.75. The van der Waals surface area contributed by atoms with E-state index >= 15 is 0 Å². The largest absolute Gasteiger partial charge is 0.477 e. The molecule has 24 heavy (non-hydrogen) atoms. The molecule has 3 aromatic rings. The molecule has 0 amide bonds. The Morgan fingerprint density at radius 3 is 2.79 bits per heavy atom. The quantitative estimate of drug-likeness (QED) is 0.631. The van der Waals surface area contributed by atoms with Crippen molar-refractivity contribution >= 4 is 39.7 Å². The minimum atomic E-state index is -1.26. The molecule has 0 atom stereocenters. The Morgan fingerprint density at radius 1 is 1.46 bits per heavy atom. The minimum absolute atomic E-state index is 0.0424. The van der Waals surface area contributed by atoms with Crippen LogP contribution in [0.2, 0.25) is 0 Å². The number of carbonyl (C=O) groups is 1. The molecule has 0 saturated carbocycles. The first-order valence-electron chi connectivity index (χ1n) is 6.95. The van der Waals surface area contributed by atoms with E-state index in [0.29, 0.717) is 5.56 Å². The van der Waals surface area contributed by atoms with E-state index in [4.69, 9.17) is 4.42 Å². The van der Waals surface area contributed by atoms with Crippen LogP contribution in [0.25, 0.3) is 11.1 Å². The Bertz CT molecular complexity index is 1040. The molecule has 1 N–H and O–H groups in total. The minimum Gasteiger partial charge on any atom is -0.477 e. The summed E-state index contributed by atoms with van der Waals surface area (Å²) in [5.74, 6) is -1.52. The SMILES string of the molecule is Cc1nc2c(=O)n(C)c(Cc3ccc(I)cc3F)c(C(=O)O)c2o1. The van der Waals surface area contributed by atoms with E-state index in [-0.39, 0.29) is 34.7 Å². The number of nitrogens with zero attached hydrogens (tertiary/aromatic N) is 2. The maximum atomic E-state index is 14.1. The van der Waals surface area contributed by atoms with Gasteiger partial charge in [0.05, 0.1) is 0 Å². The van der Waals surface area contributed by atoms with E-state index in [0.717, 1.165) is 3.57 Å². The first-order chi connectivity index (χ1) is 11.3. The van der Waals surface area contributed by atoms with Gasteiger partial charge in [0.2, 0.25) is 0 Å². The first-order valence-corrected chi connectivity index (χ1v) is 8.03. The van der Waals surface area contributed by atoms with Crippen molar-refractivity contribution in [2.24, 2.45) is 7.05 Å². The highest BCUT2D eigenvalue weighted by molar-refractivity contribution is 14.1. The van der Waals surface area contributed by atoms with Gasteiger partial charge in [-0.05, 0) is 40.3 Å². The average molecular weight is 442 g/mol. The number of carboxylic acid groups (broad SMARTS) is 1. The van der Waals surface area contributed by atoms with Crippen molar-refractivity contribution < 1.29 is 18.7 Å². The number of hydrogen-bond acceptors (Lipinski definition) is 4. The van der Waals surface area contributed by atoms with Crippen LogP contribution in [0.3, 0.4) is 0 Å². The highest BCUT2D eigenvalue weighted by atomic mass is 127. The van der Waals surface area contributed by atoms with Crippen molar-refractivity contribution in [3.63, 3.8) is 0 Å². The van der Waals surface area contributed by atoms with Gasteiger partial charge in [-0.15, -0.1) is 0 Å². The molecule has 0 aliphatic carbocycles. The fourth-order valence-electron chi connectivity index (χ4n) is 2.59. The van der Waals surface area contributed by atoms with Crippen LogP contribution in [0, 0.1) is 16.3 Å². The summed E-state index contributed by atoms with van der Waals surface area (Å²) in [7, 11) is 1.44. The molecular weight excluding hydrogens is 430 g/mol. The van der Waals surface area contributed by atoms with Crippen molar-refractivity contribution in [3.8, 4) is 0 Å². The van der Waals surface area contributed by atoms with E-state index in [1.807, 2.05) is 22.6 Å². The molecule has 8 heteroatoms. The van der Waals surface area contributed by atoms with E-state index in [1.54, 1.807) is 12.1 Å². The second-order valence-corrected chi connectivity index (χ2v) is 6.56. The molecule has 0 saturated heterocycles. The van der Waals surface area contributed by atoms with Gasteiger partial charge in [0.25, 0.3) is 5.56 Å². The fourth-order valence-corrected chi connectivity index (χ4v) is 3.05. The third kappa shape index (κ3) is 2.70. The van der Waals surface area contributed by atoms with Crippen LogP contribution in [0.15, 0.2) is 27.4 Å². The van der Waals surface area contributed by atoms with Gasteiger partial charge in [-0.1, -0.05) is 6.07 Å². The predicted octanol–water partition coefficient (Wildman–Crippen LogP) is 2.87. The summed E-state index contributed by atoms with van der Waals surface area (Å²) in [4.78, 5) is 28.1. The third-order valence-corrected chi connectivity index (χ3v) is 4.42. The van der Waals surface area contributed by atoms with Crippen molar-refractivity contribution in [3.05, 3.63) is 60.7 Å². The number of pyridine rings is 1. The van der Waals surface area contributed by atoms with Crippen molar-refractivity contribution in [2.45, 2.75) is 13.3 Å². The Labute approximate surface area is 149 Å². The Hall–Kier alpha value is -2.23. The molecule has 0 aliphatic rings. The molecule has 0 aliphatic heterocycles. The number of aromatic carboxylic acids is 1. The van der Waals surface area contributed by atoms with E-state index in [2.05, 4.69) is 4.98 Å². The number of halogens is 2. The number of aromatic nitrogens is 2. The Morgan fingerprint density at radius 2 is 2.17 bits per heavy atom. The van der Waals surface area contributed by atoms with Crippen LogP contribution < -0.4 is 5.56 Å². The van der Waals surface area contributed by atoms with E-state index in [1.165, 1.54) is 24.6 Å². The number of benzene rings is 1. The molecule has 3 rings (SSSR count). The highest BCUT2D eigenvalue weighted by Gasteiger charge is 2.25. The lowest BCUT2D eigenvalue weighted by molar-refractivity contribution is 0.0695. The molecule has 0 fully saturated rings. The second kappa shape index (κ2) is 6.00. The predicted molar refractivity (Wildman–Crippen MR) is 92.9 cm³/mol. The monoisotopic (exact) mass is 442 g/mol. The maximum Gasteiger partial charge on any atom is 0.341 e. The van der Waals surface area contributed by atoms with E-state index < -0.39 is 17.3 Å². The van der Waals surface area contributed by atoms with Gasteiger partial charge in [0.1, 0.15) is 11.4 Å². The molecule has 0 bridgehead atoms. The average Bonchev–Trinajstić information content (AvgIpc) is 2.88. The van der Waals surface area contributed by atoms with Crippen LogP contribution in [-0.2, 0) is 13.5 Å². The van der Waals surface area contributed by atoms with Gasteiger partial charge in [-0.2, -0.15) is 0 Å². The van der Waals surface area contributed by atoms with E-state index in [9.17, 15) is 19.1 Å². The number of aryl methyl sites for hydroxylation is 1. The molecular formula is C16H12FIN2O4. The summed E-state index contributed by atoms with van der Waals surface area (Å²) in [6.07, 6.45) is -0.0498. The highest BCUT2D eigenvalue weighted by Crippen LogP contribution is 2.24. The summed E-state index contributed by atoms with van der Waals surface area (Å²) >= 11 is 1.98. The topological polar surface area (TPSA) is 85.3 Å². The molecule has 1 aromatic carbocycles. The molecule has 124 valence electrons. The van der Waals surface area contributed by atoms with Gasteiger partial charge in [0, 0.05) is 29.7 Å². The number of rotatable bonds is 3. The van der Waals surface area contributed by atoms with Crippen LogP contribution in [0.5, 0.6) is 0 Å². The second-order valence-electron chi connectivity index (χ2n) is 5.31. The van der Waals surface area contributed by atoms with Crippen LogP contribution >= 0.6 is 22.6 Å². The summed E-state index contributed by atoms with van der Waals surface area (Å²) < 4.78 is 21.4. The van der Waals surface area contributed by atoms with Gasteiger partial charge in [-0.3, -0.25) is 4.79 Å². The zero-order valence-corrected chi connectivity index (χ0v) is 14.9. The lowest BCUT2D eigenvalue weighted by Crippen LogP contribution is -2.25. The van der Waals surface area contributed by atoms with Gasteiger partial charge in [0.15, 0.2) is 17.0 Å². The van der Waals surface area contributed by atoms with Crippen molar-refractivity contribution in [2.75, 3.05) is 0 Å². The maximum absolute atomic E-state index is 14.1. The van der Waals surface area contributed by atoms with Crippen molar-refractivity contribution in [1.82, 2.24) is 9.55 Å². The standard InChI is InChI=1S/C16H12FIN2O4/c1-7-19-13-14(24-7)12(16(22)23)11(20(2)15(13)21)5-8-3-4-9(18)6-10(8)17/h3-4,6H,5H2,1-2H3,(H,22,23). The number of fused-ring (bicyclic) bond motifs is 1. The zero-order chi connectivity index (χ0) is 17.6. The number of hydrogen-bond donors (Lipinski definition) is 1. The van der Waals surface area contributed by atoms with Gasteiger partial charge in [-0.25, -0.2) is 14.2 Å². The Balaban J connectivity index is 2.30.